The summed E-state index contributed by atoms with van der Waals surface area (Å²) < 4.78 is 7.33. The van der Waals surface area contributed by atoms with E-state index in [9.17, 15) is 0 Å². The zero-order valence-corrected chi connectivity index (χ0v) is 12.0. The van der Waals surface area contributed by atoms with Crippen molar-refractivity contribution in [3.8, 4) is 11.8 Å². The molecule has 0 amide bonds. The highest BCUT2D eigenvalue weighted by Gasteiger charge is 2.11. The van der Waals surface area contributed by atoms with Crippen LogP contribution in [0.5, 0.6) is 5.75 Å². The molecule has 104 valence electrons. The van der Waals surface area contributed by atoms with Crippen molar-refractivity contribution in [2.75, 3.05) is 18.5 Å². The van der Waals surface area contributed by atoms with Gasteiger partial charge in [0.1, 0.15) is 29.8 Å². The molecule has 1 N–H and O–H groups in total. The molecular formula is C15H18N4O. The number of ether oxygens (including phenoxy) is 1. The van der Waals surface area contributed by atoms with E-state index < -0.39 is 0 Å². The fraction of sp³-hybridized carbons (Fsp3) is 0.333. The van der Waals surface area contributed by atoms with Gasteiger partial charge in [-0.05, 0) is 31.5 Å². The monoisotopic (exact) mass is 270 g/mol. The number of benzene rings is 1. The van der Waals surface area contributed by atoms with Crippen molar-refractivity contribution >= 4 is 5.82 Å². The molecule has 0 fully saturated rings. The van der Waals surface area contributed by atoms with Crippen LogP contribution in [0.25, 0.3) is 0 Å². The predicted octanol–water partition coefficient (Wildman–Crippen LogP) is 2.40. The van der Waals surface area contributed by atoms with E-state index in [1.165, 1.54) is 5.56 Å². The van der Waals surface area contributed by atoms with Crippen LogP contribution in [0.4, 0.5) is 5.82 Å². The number of anilines is 1. The minimum absolute atomic E-state index is 0.526. The van der Waals surface area contributed by atoms with E-state index in [4.69, 9.17) is 10.00 Å². The first kappa shape index (κ1) is 13.9. The minimum Gasteiger partial charge on any atom is -0.492 e. The van der Waals surface area contributed by atoms with Crippen LogP contribution in [0, 0.1) is 25.2 Å². The smallest absolute Gasteiger partial charge is 0.142 e. The molecule has 0 radical (unpaired) electrons. The first-order valence-corrected chi connectivity index (χ1v) is 6.49. The number of hydrogen-bond acceptors (Lipinski definition) is 4. The minimum atomic E-state index is 0.526. The van der Waals surface area contributed by atoms with E-state index in [0.717, 1.165) is 17.3 Å². The molecule has 0 spiro atoms. The summed E-state index contributed by atoms with van der Waals surface area (Å²) in [4.78, 5) is 0. The van der Waals surface area contributed by atoms with E-state index >= 15 is 0 Å². The normalized spacial score (nSPS) is 10.1. The van der Waals surface area contributed by atoms with Gasteiger partial charge in [-0.15, -0.1) is 0 Å². The standard InChI is InChI=1S/C15H18N4O/c1-11-5-4-6-13(9-11)20-8-7-17-15-14(10-16)12(2)18-19(15)3/h4-6,9,17H,7-8H2,1-3H3. The van der Waals surface area contributed by atoms with Gasteiger partial charge < -0.3 is 10.1 Å². The molecule has 1 aromatic heterocycles. The lowest BCUT2D eigenvalue weighted by Gasteiger charge is -2.09. The van der Waals surface area contributed by atoms with Crippen molar-refractivity contribution in [3.05, 3.63) is 41.1 Å². The van der Waals surface area contributed by atoms with Crippen LogP contribution in [0.1, 0.15) is 16.8 Å². The van der Waals surface area contributed by atoms with Crippen molar-refractivity contribution in [2.45, 2.75) is 13.8 Å². The van der Waals surface area contributed by atoms with Gasteiger partial charge in [-0.25, -0.2) is 0 Å². The fourth-order valence-corrected chi connectivity index (χ4v) is 2.04. The highest BCUT2D eigenvalue weighted by Crippen LogP contribution is 2.17. The molecular weight excluding hydrogens is 252 g/mol. The molecule has 0 saturated heterocycles. The SMILES string of the molecule is Cc1cccc(OCCNc2c(C#N)c(C)nn2C)c1. The molecule has 1 aromatic carbocycles. The lowest BCUT2D eigenvalue weighted by Crippen LogP contribution is -2.14. The predicted molar refractivity (Wildman–Crippen MR) is 77.8 cm³/mol. The largest absolute Gasteiger partial charge is 0.492 e. The number of nitrogens with one attached hydrogen (secondary N) is 1. The van der Waals surface area contributed by atoms with Gasteiger partial charge in [-0.3, -0.25) is 4.68 Å². The van der Waals surface area contributed by atoms with Crippen molar-refractivity contribution < 1.29 is 4.74 Å². The molecule has 0 aliphatic carbocycles. The Bertz CT molecular complexity index is 640. The molecule has 2 rings (SSSR count). The Morgan fingerprint density at radius 2 is 2.20 bits per heavy atom. The van der Waals surface area contributed by atoms with Crippen molar-refractivity contribution in [1.82, 2.24) is 9.78 Å². The number of hydrogen-bond donors (Lipinski definition) is 1. The Hall–Kier alpha value is -2.48. The third-order valence-corrected chi connectivity index (χ3v) is 2.99. The molecule has 0 atom stereocenters. The summed E-state index contributed by atoms with van der Waals surface area (Å²) in [6.07, 6.45) is 0. The van der Waals surface area contributed by atoms with Gasteiger partial charge in [0.25, 0.3) is 0 Å². The van der Waals surface area contributed by atoms with Gasteiger partial charge in [0, 0.05) is 7.05 Å². The molecule has 5 nitrogen and oxygen atoms in total. The van der Waals surface area contributed by atoms with Crippen LogP contribution >= 0.6 is 0 Å². The fourth-order valence-electron chi connectivity index (χ4n) is 2.04. The second-order valence-electron chi connectivity index (χ2n) is 4.64. The van der Waals surface area contributed by atoms with Gasteiger partial charge in [0.2, 0.25) is 0 Å². The number of aromatic nitrogens is 2. The molecule has 0 aliphatic rings. The number of rotatable bonds is 5. The van der Waals surface area contributed by atoms with E-state index in [2.05, 4.69) is 16.5 Å². The van der Waals surface area contributed by atoms with Gasteiger partial charge in [0.15, 0.2) is 0 Å². The summed E-state index contributed by atoms with van der Waals surface area (Å²) in [5.41, 5.74) is 2.49. The average molecular weight is 270 g/mol. The summed E-state index contributed by atoms with van der Waals surface area (Å²) in [5.74, 6) is 1.59. The topological polar surface area (TPSA) is 62.9 Å². The first-order chi connectivity index (χ1) is 9.61. The first-order valence-electron chi connectivity index (χ1n) is 6.49. The van der Waals surface area contributed by atoms with Crippen LogP contribution in [-0.4, -0.2) is 22.9 Å². The zero-order chi connectivity index (χ0) is 14.5. The molecule has 0 aliphatic heterocycles. The second-order valence-corrected chi connectivity index (χ2v) is 4.64. The van der Waals surface area contributed by atoms with E-state index in [0.29, 0.717) is 18.7 Å². The second kappa shape index (κ2) is 6.11. The number of nitriles is 1. The van der Waals surface area contributed by atoms with Crippen molar-refractivity contribution in [1.29, 1.82) is 5.26 Å². The molecule has 1 heterocycles. The van der Waals surface area contributed by atoms with Gasteiger partial charge in [0.05, 0.1) is 12.2 Å². The average Bonchev–Trinajstić information content (AvgIpc) is 2.68. The van der Waals surface area contributed by atoms with Crippen molar-refractivity contribution in [2.24, 2.45) is 7.05 Å². The van der Waals surface area contributed by atoms with Crippen LogP contribution in [-0.2, 0) is 7.05 Å². The lowest BCUT2D eigenvalue weighted by atomic mass is 10.2. The van der Waals surface area contributed by atoms with Crippen molar-refractivity contribution in [3.63, 3.8) is 0 Å². The maximum absolute atomic E-state index is 9.10. The van der Waals surface area contributed by atoms with Gasteiger partial charge in [-0.1, -0.05) is 12.1 Å². The lowest BCUT2D eigenvalue weighted by molar-refractivity contribution is 0.332. The summed E-state index contributed by atoms with van der Waals surface area (Å²) >= 11 is 0. The molecule has 20 heavy (non-hydrogen) atoms. The van der Waals surface area contributed by atoms with E-state index in [1.807, 2.05) is 45.2 Å². The summed E-state index contributed by atoms with van der Waals surface area (Å²) in [6, 6.07) is 10.1. The summed E-state index contributed by atoms with van der Waals surface area (Å²) in [6.45, 7) is 5.00. The Kier molecular flexibility index (Phi) is 4.26. The Balaban J connectivity index is 1.89. The van der Waals surface area contributed by atoms with Gasteiger partial charge in [-0.2, -0.15) is 10.4 Å². The van der Waals surface area contributed by atoms with Crippen LogP contribution < -0.4 is 10.1 Å². The van der Waals surface area contributed by atoms with E-state index in [1.54, 1.807) is 4.68 Å². The van der Waals surface area contributed by atoms with E-state index in [-0.39, 0.29) is 0 Å². The highest BCUT2D eigenvalue weighted by atomic mass is 16.5. The highest BCUT2D eigenvalue weighted by molar-refractivity contribution is 5.54. The molecule has 0 unspecified atom stereocenters. The summed E-state index contributed by atoms with van der Waals surface area (Å²) in [5, 5.41) is 16.5. The molecule has 0 saturated carbocycles. The maximum atomic E-state index is 9.10. The Labute approximate surface area is 118 Å². The number of aryl methyl sites for hydroxylation is 3. The third kappa shape index (κ3) is 3.09. The zero-order valence-electron chi connectivity index (χ0n) is 12.0. The van der Waals surface area contributed by atoms with Crippen LogP contribution in [0.15, 0.2) is 24.3 Å². The Morgan fingerprint density at radius 1 is 1.40 bits per heavy atom. The molecule has 0 bridgehead atoms. The third-order valence-electron chi connectivity index (χ3n) is 2.99. The van der Waals surface area contributed by atoms with Crippen LogP contribution in [0.2, 0.25) is 0 Å². The maximum Gasteiger partial charge on any atom is 0.142 e. The quantitative estimate of drug-likeness (QED) is 0.847. The molecule has 5 heteroatoms. The summed E-state index contributed by atoms with van der Waals surface area (Å²) in [7, 11) is 1.82. The van der Waals surface area contributed by atoms with Crippen LogP contribution in [0.3, 0.4) is 0 Å². The van der Waals surface area contributed by atoms with Gasteiger partial charge >= 0.3 is 0 Å². The Morgan fingerprint density at radius 3 is 2.90 bits per heavy atom. The molecule has 2 aromatic rings. The number of nitrogens with zero attached hydrogens (tertiary/aromatic N) is 3.